The number of nitrogens with one attached hydrogen (secondary N) is 1. The van der Waals surface area contributed by atoms with Crippen molar-refractivity contribution in [1.82, 2.24) is 0 Å². The molecule has 0 aromatic heterocycles. The molecule has 2 aromatic carbocycles. The molecule has 0 aliphatic carbocycles. The van der Waals surface area contributed by atoms with Crippen LogP contribution in [-0.4, -0.2) is 19.0 Å². The fourth-order valence-electron chi connectivity index (χ4n) is 2.96. The second-order valence-electron chi connectivity index (χ2n) is 6.54. The van der Waals surface area contributed by atoms with Crippen molar-refractivity contribution in [3.63, 3.8) is 0 Å². The van der Waals surface area contributed by atoms with Gasteiger partial charge < -0.3 is 10.2 Å². The third kappa shape index (κ3) is 5.49. The third-order valence-electron chi connectivity index (χ3n) is 4.18. The van der Waals surface area contributed by atoms with E-state index in [2.05, 4.69) is 5.32 Å². The molecule has 1 amide bonds. The maximum Gasteiger partial charge on any atom is 0.416 e. The van der Waals surface area contributed by atoms with Gasteiger partial charge in [0.05, 0.1) is 16.9 Å². The summed E-state index contributed by atoms with van der Waals surface area (Å²) >= 11 is 0. The van der Waals surface area contributed by atoms with Gasteiger partial charge in [0.1, 0.15) is 0 Å². The highest BCUT2D eigenvalue weighted by atomic mass is 19.4. The van der Waals surface area contributed by atoms with Crippen LogP contribution in [0.15, 0.2) is 42.5 Å². The Morgan fingerprint density at radius 3 is 2.26 bits per heavy atom. The summed E-state index contributed by atoms with van der Waals surface area (Å²) in [6.45, 7) is 7.28. The fourth-order valence-corrected chi connectivity index (χ4v) is 2.96. The zero-order valence-corrected chi connectivity index (χ0v) is 15.9. The molecule has 0 unspecified atom stereocenters. The van der Waals surface area contributed by atoms with Crippen molar-refractivity contribution in [1.29, 1.82) is 0 Å². The average molecular weight is 378 g/mol. The molecule has 0 saturated heterocycles. The summed E-state index contributed by atoms with van der Waals surface area (Å²) in [6.07, 6.45) is -2.76. The number of amides is 1. The molecule has 27 heavy (non-hydrogen) atoms. The molecule has 0 aliphatic heterocycles. The van der Waals surface area contributed by atoms with Crippen LogP contribution in [0.2, 0.25) is 0 Å². The molecule has 1 N–H and O–H groups in total. The van der Waals surface area contributed by atoms with Crippen LogP contribution in [-0.2, 0) is 6.18 Å². The van der Waals surface area contributed by atoms with Crippen molar-refractivity contribution < 1.29 is 18.0 Å². The molecule has 0 atom stereocenters. The second-order valence-corrected chi connectivity index (χ2v) is 6.54. The van der Waals surface area contributed by atoms with E-state index in [-0.39, 0.29) is 5.69 Å². The van der Waals surface area contributed by atoms with Crippen LogP contribution in [0, 0.1) is 6.92 Å². The Morgan fingerprint density at radius 2 is 1.70 bits per heavy atom. The summed E-state index contributed by atoms with van der Waals surface area (Å²) in [4.78, 5) is 14.6. The molecule has 0 radical (unpaired) electrons. The van der Waals surface area contributed by atoms with Gasteiger partial charge in [-0.15, -0.1) is 0 Å². The average Bonchev–Trinajstić information content (AvgIpc) is 2.61. The minimum atomic E-state index is -4.47. The molecular formula is C21H25F3N2O. The summed E-state index contributed by atoms with van der Waals surface area (Å²) in [6, 6.07) is 10.5. The van der Waals surface area contributed by atoms with E-state index >= 15 is 0 Å². The molecule has 0 spiro atoms. The van der Waals surface area contributed by atoms with Crippen LogP contribution in [0.3, 0.4) is 0 Å². The van der Waals surface area contributed by atoms with Crippen molar-refractivity contribution in [2.75, 3.05) is 23.3 Å². The normalized spacial score (nSPS) is 11.3. The molecule has 2 rings (SSSR count). The van der Waals surface area contributed by atoms with E-state index < -0.39 is 17.6 Å². The summed E-state index contributed by atoms with van der Waals surface area (Å²) < 4.78 is 39.6. The zero-order valence-electron chi connectivity index (χ0n) is 15.9. The van der Waals surface area contributed by atoms with Crippen LogP contribution in [0.25, 0.3) is 0 Å². The number of benzene rings is 2. The number of halogens is 3. The zero-order chi connectivity index (χ0) is 20.0. The van der Waals surface area contributed by atoms with Gasteiger partial charge in [-0.25, -0.2) is 0 Å². The minimum absolute atomic E-state index is 0.179. The molecule has 0 saturated carbocycles. The lowest BCUT2D eigenvalue weighted by Crippen LogP contribution is -2.27. The van der Waals surface area contributed by atoms with Gasteiger partial charge in [-0.1, -0.05) is 31.5 Å². The molecule has 3 nitrogen and oxygen atoms in total. The van der Waals surface area contributed by atoms with Gasteiger partial charge in [-0.2, -0.15) is 13.2 Å². The molecule has 146 valence electrons. The fraction of sp³-hybridized carbons (Fsp3) is 0.381. The van der Waals surface area contributed by atoms with E-state index in [1.165, 1.54) is 6.07 Å². The van der Waals surface area contributed by atoms with Crippen LogP contribution in [0.5, 0.6) is 0 Å². The number of carbonyl (C=O) groups excluding carboxylic acids is 1. The van der Waals surface area contributed by atoms with Gasteiger partial charge in [0.25, 0.3) is 5.91 Å². The third-order valence-corrected chi connectivity index (χ3v) is 4.18. The SMILES string of the molecule is CCCN(CCC)c1ccc(C(F)(F)F)cc1NC(=O)c1cccc(C)c1. The van der Waals surface area contributed by atoms with Gasteiger partial charge >= 0.3 is 6.18 Å². The van der Waals surface area contributed by atoms with Crippen molar-refractivity contribution in [2.45, 2.75) is 39.8 Å². The molecule has 0 fully saturated rings. The summed E-state index contributed by atoms with van der Waals surface area (Å²) in [7, 11) is 0. The van der Waals surface area contributed by atoms with Crippen molar-refractivity contribution in [3.8, 4) is 0 Å². The number of carbonyl (C=O) groups is 1. The molecule has 6 heteroatoms. The number of anilines is 2. The van der Waals surface area contributed by atoms with Crippen LogP contribution < -0.4 is 10.2 Å². The van der Waals surface area contributed by atoms with E-state index in [9.17, 15) is 18.0 Å². The maximum atomic E-state index is 13.2. The Kier molecular flexibility index (Phi) is 6.88. The van der Waals surface area contributed by atoms with E-state index in [0.717, 1.165) is 30.5 Å². The maximum absolute atomic E-state index is 13.2. The number of hydrogen-bond acceptors (Lipinski definition) is 2. The molecule has 0 aliphatic rings. The first kappa shape index (κ1) is 20.8. The largest absolute Gasteiger partial charge is 0.416 e. The molecule has 0 heterocycles. The van der Waals surface area contributed by atoms with Crippen molar-refractivity contribution in [3.05, 3.63) is 59.2 Å². The van der Waals surface area contributed by atoms with Gasteiger partial charge in [0.15, 0.2) is 0 Å². The number of nitrogens with zero attached hydrogens (tertiary/aromatic N) is 1. The lowest BCUT2D eigenvalue weighted by molar-refractivity contribution is -0.137. The van der Waals surface area contributed by atoms with Gasteiger partial charge in [-0.05, 0) is 50.1 Å². The summed E-state index contributed by atoms with van der Waals surface area (Å²) in [5.74, 6) is -0.424. The highest BCUT2D eigenvalue weighted by Gasteiger charge is 2.31. The Morgan fingerprint density at radius 1 is 1.04 bits per heavy atom. The Hall–Kier alpha value is -2.50. The molecular weight excluding hydrogens is 353 g/mol. The second kappa shape index (κ2) is 8.93. The molecule has 2 aromatic rings. The van der Waals surface area contributed by atoms with Crippen LogP contribution >= 0.6 is 0 Å². The standard InChI is InChI=1S/C21H25F3N2O/c1-4-11-26(12-5-2)19-10-9-17(21(22,23)24)14-18(19)25-20(27)16-8-6-7-15(3)13-16/h6-10,13-14H,4-5,11-12H2,1-3H3,(H,25,27). The summed E-state index contributed by atoms with van der Waals surface area (Å²) in [5, 5.41) is 2.68. The first-order chi connectivity index (χ1) is 12.8. The van der Waals surface area contributed by atoms with Gasteiger partial charge in [0.2, 0.25) is 0 Å². The van der Waals surface area contributed by atoms with Crippen LogP contribution in [0.4, 0.5) is 24.5 Å². The first-order valence-electron chi connectivity index (χ1n) is 9.10. The minimum Gasteiger partial charge on any atom is -0.370 e. The molecule has 0 bridgehead atoms. The smallest absolute Gasteiger partial charge is 0.370 e. The Labute approximate surface area is 158 Å². The lowest BCUT2D eigenvalue weighted by atomic mass is 10.1. The van der Waals surface area contributed by atoms with E-state index in [1.807, 2.05) is 31.7 Å². The summed E-state index contributed by atoms with van der Waals surface area (Å²) in [5.41, 5.74) is 1.33. The van der Waals surface area contributed by atoms with E-state index in [4.69, 9.17) is 0 Å². The number of alkyl halides is 3. The van der Waals surface area contributed by atoms with Crippen LogP contribution in [0.1, 0.15) is 48.2 Å². The monoisotopic (exact) mass is 378 g/mol. The predicted molar refractivity (Wildman–Crippen MR) is 103 cm³/mol. The van der Waals surface area contributed by atoms with Gasteiger partial charge in [-0.3, -0.25) is 4.79 Å². The van der Waals surface area contributed by atoms with Gasteiger partial charge in [0, 0.05) is 18.7 Å². The number of hydrogen-bond donors (Lipinski definition) is 1. The van der Waals surface area contributed by atoms with Crippen molar-refractivity contribution in [2.24, 2.45) is 0 Å². The van der Waals surface area contributed by atoms with E-state index in [0.29, 0.717) is 24.3 Å². The first-order valence-corrected chi connectivity index (χ1v) is 9.10. The topological polar surface area (TPSA) is 32.3 Å². The number of rotatable bonds is 7. The predicted octanol–water partition coefficient (Wildman–Crippen LogP) is 5.89. The van der Waals surface area contributed by atoms with Crippen molar-refractivity contribution >= 4 is 17.3 Å². The highest BCUT2D eigenvalue weighted by Crippen LogP contribution is 2.36. The number of aryl methyl sites for hydroxylation is 1. The lowest BCUT2D eigenvalue weighted by Gasteiger charge is -2.27. The van der Waals surface area contributed by atoms with E-state index in [1.54, 1.807) is 18.2 Å². The Bertz CT molecular complexity index is 781. The highest BCUT2D eigenvalue weighted by molar-refractivity contribution is 6.06. The Balaban J connectivity index is 2.44. The quantitative estimate of drug-likeness (QED) is 0.651.